The second-order valence-corrected chi connectivity index (χ2v) is 10.0. The van der Waals surface area contributed by atoms with E-state index < -0.39 is 16.1 Å². The van der Waals surface area contributed by atoms with Gasteiger partial charge in [0.25, 0.3) is 0 Å². The van der Waals surface area contributed by atoms with Gasteiger partial charge in [0, 0.05) is 36.9 Å². The van der Waals surface area contributed by atoms with Crippen molar-refractivity contribution in [3.05, 3.63) is 48.0 Å². The van der Waals surface area contributed by atoms with Gasteiger partial charge in [-0.25, -0.2) is 13.2 Å². The lowest BCUT2D eigenvalue weighted by molar-refractivity contribution is 0.122. The molecule has 0 spiro atoms. The van der Waals surface area contributed by atoms with Crippen LogP contribution in [0.1, 0.15) is 31.2 Å². The molecular formula is C23H31N3O5S. The summed E-state index contributed by atoms with van der Waals surface area (Å²) in [6.45, 7) is 0.648. The molecule has 8 nitrogen and oxygen atoms in total. The summed E-state index contributed by atoms with van der Waals surface area (Å²) in [5, 5.41) is 12.8. The van der Waals surface area contributed by atoms with Crippen LogP contribution >= 0.6 is 0 Å². The molecule has 0 aromatic heterocycles. The van der Waals surface area contributed by atoms with E-state index in [1.807, 2.05) is 24.3 Å². The molecular weight excluding hydrogens is 430 g/mol. The Labute approximate surface area is 189 Å². The monoisotopic (exact) mass is 461 g/mol. The van der Waals surface area contributed by atoms with Gasteiger partial charge >= 0.3 is 6.09 Å². The summed E-state index contributed by atoms with van der Waals surface area (Å²) in [7, 11) is -0.0180. The van der Waals surface area contributed by atoms with Crippen LogP contribution in [0.4, 0.5) is 10.5 Å². The lowest BCUT2D eigenvalue weighted by Gasteiger charge is -2.33. The highest BCUT2D eigenvalue weighted by molar-refractivity contribution is 7.92. The first kappa shape index (κ1) is 23.9. The normalized spacial score (nSPS) is 18.7. The van der Waals surface area contributed by atoms with Crippen LogP contribution in [0.15, 0.2) is 42.5 Å². The van der Waals surface area contributed by atoms with Crippen molar-refractivity contribution in [3.8, 4) is 16.9 Å². The molecule has 2 aromatic carbocycles. The van der Waals surface area contributed by atoms with Crippen LogP contribution in [0, 0.1) is 0 Å². The Kier molecular flexibility index (Phi) is 7.63. The van der Waals surface area contributed by atoms with E-state index in [9.17, 15) is 13.2 Å². The minimum atomic E-state index is -3.31. The van der Waals surface area contributed by atoms with Crippen molar-refractivity contribution in [1.29, 1.82) is 0 Å². The van der Waals surface area contributed by atoms with Crippen molar-refractivity contribution in [2.75, 3.05) is 25.1 Å². The van der Waals surface area contributed by atoms with Crippen molar-refractivity contribution < 1.29 is 23.1 Å². The Hall–Kier alpha value is -2.78. The van der Waals surface area contributed by atoms with Crippen LogP contribution in [0.2, 0.25) is 0 Å². The summed E-state index contributed by atoms with van der Waals surface area (Å²) in [5.74, 6) is 0.802. The number of nitrogens with zero attached hydrogens (tertiary/aromatic N) is 1. The van der Waals surface area contributed by atoms with Gasteiger partial charge in [0.2, 0.25) is 10.0 Å². The number of carbonyl (C=O) groups is 1. The zero-order chi connectivity index (χ0) is 23.3. The maximum absolute atomic E-state index is 11.4. The average molecular weight is 462 g/mol. The van der Waals surface area contributed by atoms with Gasteiger partial charge in [-0.15, -0.1) is 0 Å². The van der Waals surface area contributed by atoms with E-state index in [1.165, 1.54) is 4.90 Å². The molecule has 1 fully saturated rings. The van der Waals surface area contributed by atoms with Gasteiger partial charge in [0.05, 0.1) is 13.4 Å². The largest absolute Gasteiger partial charge is 0.496 e. The summed E-state index contributed by atoms with van der Waals surface area (Å²) >= 11 is 0. The van der Waals surface area contributed by atoms with Crippen molar-refractivity contribution in [3.63, 3.8) is 0 Å². The van der Waals surface area contributed by atoms with Crippen LogP contribution in [-0.4, -0.2) is 57.0 Å². The molecule has 174 valence electrons. The topological polar surface area (TPSA) is 108 Å². The van der Waals surface area contributed by atoms with Crippen LogP contribution in [0.5, 0.6) is 5.75 Å². The van der Waals surface area contributed by atoms with Gasteiger partial charge in [-0.05, 0) is 61.1 Å². The fraction of sp³-hybridized carbons (Fsp3) is 0.435. The smallest absolute Gasteiger partial charge is 0.407 e. The second kappa shape index (κ2) is 10.2. The maximum Gasteiger partial charge on any atom is 0.407 e. The summed E-state index contributed by atoms with van der Waals surface area (Å²) in [4.78, 5) is 12.6. The minimum Gasteiger partial charge on any atom is -0.496 e. The fourth-order valence-electron chi connectivity index (χ4n) is 4.12. The predicted octanol–water partition coefficient (Wildman–Crippen LogP) is 3.74. The summed E-state index contributed by atoms with van der Waals surface area (Å²) in [5.41, 5.74) is 3.55. The molecule has 1 saturated carbocycles. The highest BCUT2D eigenvalue weighted by Gasteiger charge is 2.26. The Morgan fingerprint density at radius 2 is 1.72 bits per heavy atom. The first-order valence-corrected chi connectivity index (χ1v) is 12.5. The number of carboxylic acid groups (broad SMARTS) is 1. The molecule has 32 heavy (non-hydrogen) atoms. The van der Waals surface area contributed by atoms with Crippen molar-refractivity contribution in [2.24, 2.45) is 0 Å². The molecule has 3 N–H and O–H groups in total. The number of hydrogen-bond donors (Lipinski definition) is 3. The van der Waals surface area contributed by atoms with Gasteiger partial charge in [0.15, 0.2) is 0 Å². The third-order valence-electron chi connectivity index (χ3n) is 5.93. The van der Waals surface area contributed by atoms with Gasteiger partial charge in [0.1, 0.15) is 5.75 Å². The van der Waals surface area contributed by atoms with Gasteiger partial charge in [-0.1, -0.05) is 18.2 Å². The van der Waals surface area contributed by atoms with E-state index in [0.717, 1.165) is 54.4 Å². The molecule has 0 unspecified atom stereocenters. The van der Waals surface area contributed by atoms with Gasteiger partial charge < -0.3 is 20.1 Å². The zero-order valence-corrected chi connectivity index (χ0v) is 19.5. The lowest BCUT2D eigenvalue weighted by atomic mass is 9.90. The van der Waals surface area contributed by atoms with E-state index >= 15 is 0 Å². The van der Waals surface area contributed by atoms with E-state index in [-0.39, 0.29) is 6.04 Å². The van der Waals surface area contributed by atoms with Crippen molar-refractivity contribution in [1.82, 2.24) is 10.2 Å². The second-order valence-electron chi connectivity index (χ2n) is 8.26. The maximum atomic E-state index is 11.4. The van der Waals surface area contributed by atoms with Gasteiger partial charge in [-0.2, -0.15) is 0 Å². The molecule has 3 rings (SSSR count). The highest BCUT2D eigenvalue weighted by atomic mass is 32.2. The molecule has 0 atom stereocenters. The van der Waals surface area contributed by atoms with Crippen molar-refractivity contribution >= 4 is 21.8 Å². The summed E-state index contributed by atoms with van der Waals surface area (Å²) in [6, 6.07) is 13.7. The first-order chi connectivity index (χ1) is 15.2. The number of anilines is 1. The summed E-state index contributed by atoms with van der Waals surface area (Å²) < 4.78 is 30.8. The van der Waals surface area contributed by atoms with Crippen molar-refractivity contribution in [2.45, 2.75) is 44.3 Å². The molecule has 0 heterocycles. The van der Waals surface area contributed by atoms with E-state index in [1.54, 1.807) is 26.3 Å². The number of sulfonamides is 1. The fourth-order valence-corrected chi connectivity index (χ4v) is 4.68. The third kappa shape index (κ3) is 6.37. The highest BCUT2D eigenvalue weighted by Crippen LogP contribution is 2.29. The number of hydrogen-bond acceptors (Lipinski definition) is 5. The van der Waals surface area contributed by atoms with E-state index in [4.69, 9.17) is 9.84 Å². The molecule has 9 heteroatoms. The molecule has 1 aliphatic carbocycles. The number of methoxy groups -OCH3 is 1. The Morgan fingerprint density at radius 1 is 1.09 bits per heavy atom. The van der Waals surface area contributed by atoms with E-state index in [2.05, 4.69) is 16.1 Å². The molecule has 0 radical (unpaired) electrons. The molecule has 1 aliphatic rings. The SMILES string of the molecule is COc1ccc(-c2ccc(NS(C)(=O)=O)cc2)cc1CNC1CCC(N(C)C(=O)O)CC1. The summed E-state index contributed by atoms with van der Waals surface area (Å²) in [6.07, 6.45) is 3.82. The molecule has 2 aromatic rings. The standard InChI is InChI=1S/C23H31N3O5S/c1-26(23(27)28)21-11-9-19(10-12-21)24-15-18-14-17(6-13-22(18)31-2)16-4-7-20(8-5-16)25-32(3,29)30/h4-8,13-14,19,21,24-25H,9-12,15H2,1-3H3,(H,27,28). The van der Waals surface area contributed by atoms with Crippen LogP contribution in [0.25, 0.3) is 11.1 Å². The molecule has 0 bridgehead atoms. The predicted molar refractivity (Wildman–Crippen MR) is 126 cm³/mol. The number of benzene rings is 2. The van der Waals surface area contributed by atoms with Crippen LogP contribution < -0.4 is 14.8 Å². The lowest BCUT2D eigenvalue weighted by Crippen LogP contribution is -2.42. The number of ether oxygens (including phenoxy) is 1. The van der Waals surface area contributed by atoms with Gasteiger partial charge in [-0.3, -0.25) is 4.72 Å². The van der Waals surface area contributed by atoms with Crippen LogP contribution in [0.3, 0.4) is 0 Å². The Bertz CT molecular complexity index is 1030. The number of rotatable bonds is 8. The zero-order valence-electron chi connectivity index (χ0n) is 18.7. The molecule has 0 saturated heterocycles. The van der Waals surface area contributed by atoms with Crippen LogP contribution in [-0.2, 0) is 16.6 Å². The minimum absolute atomic E-state index is 0.0866. The number of amides is 1. The third-order valence-corrected chi connectivity index (χ3v) is 6.54. The molecule has 1 amide bonds. The molecule has 0 aliphatic heterocycles. The Balaban J connectivity index is 1.65. The number of nitrogens with one attached hydrogen (secondary N) is 2. The average Bonchev–Trinajstić information content (AvgIpc) is 2.76. The quantitative estimate of drug-likeness (QED) is 0.553. The van der Waals surface area contributed by atoms with E-state index in [0.29, 0.717) is 18.3 Å². The Morgan fingerprint density at radius 3 is 2.28 bits per heavy atom. The first-order valence-electron chi connectivity index (χ1n) is 10.6.